The fraction of sp³-hybridized carbons (Fsp3) is 1.00. The van der Waals surface area contributed by atoms with Crippen LogP contribution >= 0.6 is 0 Å². The van der Waals surface area contributed by atoms with Crippen LogP contribution in [0.4, 0.5) is 0 Å². The van der Waals surface area contributed by atoms with Gasteiger partial charge in [-0.1, -0.05) is 0 Å². The first-order valence-electron chi connectivity index (χ1n) is 5.36. The molecule has 1 spiro atoms. The van der Waals surface area contributed by atoms with Crippen LogP contribution in [0, 0.1) is 29.1 Å². The van der Waals surface area contributed by atoms with Crippen LogP contribution in [0.15, 0.2) is 0 Å². The molecule has 0 radical (unpaired) electrons. The van der Waals surface area contributed by atoms with Crippen LogP contribution in [-0.2, 0) is 0 Å². The zero-order chi connectivity index (χ0) is 8.14. The molecule has 66 valence electrons. The van der Waals surface area contributed by atoms with E-state index >= 15 is 0 Å². The molecule has 0 amide bonds. The minimum absolute atomic E-state index is 0.274. The minimum atomic E-state index is -0.274. The summed E-state index contributed by atoms with van der Waals surface area (Å²) in [6, 6.07) is 0. The van der Waals surface area contributed by atoms with Gasteiger partial charge in [0.05, 0.1) is 5.60 Å². The highest BCUT2D eigenvalue weighted by Crippen LogP contribution is 2.81. The SMILES string of the molecule is CC1(O)C2CC3CC4(C2)CC1C34. The normalized spacial score (nSPS) is 76.5. The first-order valence-corrected chi connectivity index (χ1v) is 5.36. The third-order valence-electron chi connectivity index (χ3n) is 5.76. The first kappa shape index (κ1) is 6.42. The monoisotopic (exact) mass is 164 g/mol. The van der Waals surface area contributed by atoms with Crippen molar-refractivity contribution in [3.63, 3.8) is 0 Å². The molecule has 6 atom stereocenters. The van der Waals surface area contributed by atoms with Gasteiger partial charge in [0.1, 0.15) is 0 Å². The first-order chi connectivity index (χ1) is 5.63. The summed E-state index contributed by atoms with van der Waals surface area (Å²) >= 11 is 0. The lowest BCUT2D eigenvalue weighted by Crippen LogP contribution is -2.77. The Morgan fingerprint density at radius 3 is 2.58 bits per heavy atom. The molecule has 7 aliphatic carbocycles. The van der Waals surface area contributed by atoms with Crippen LogP contribution in [0.2, 0.25) is 0 Å². The minimum Gasteiger partial charge on any atom is -0.390 e. The molecular formula is C11H16O. The van der Waals surface area contributed by atoms with Crippen molar-refractivity contribution in [2.24, 2.45) is 29.1 Å². The molecule has 7 saturated carbocycles. The molecule has 0 aromatic heterocycles. The van der Waals surface area contributed by atoms with E-state index in [2.05, 4.69) is 6.92 Å². The number of aliphatic hydroxyl groups is 1. The molecule has 7 fully saturated rings. The van der Waals surface area contributed by atoms with Gasteiger partial charge < -0.3 is 5.11 Å². The van der Waals surface area contributed by atoms with Crippen molar-refractivity contribution in [3.05, 3.63) is 0 Å². The van der Waals surface area contributed by atoms with E-state index in [4.69, 9.17) is 0 Å². The summed E-state index contributed by atoms with van der Waals surface area (Å²) in [6.45, 7) is 2.10. The highest BCUT2D eigenvalue weighted by atomic mass is 16.3. The average molecular weight is 164 g/mol. The van der Waals surface area contributed by atoms with Gasteiger partial charge in [-0.25, -0.2) is 0 Å². The smallest absolute Gasteiger partial charge is 0.0679 e. The molecule has 12 heavy (non-hydrogen) atoms. The molecule has 6 unspecified atom stereocenters. The molecule has 0 aliphatic heterocycles. The lowest BCUT2D eigenvalue weighted by Gasteiger charge is -2.81. The zero-order valence-corrected chi connectivity index (χ0v) is 7.59. The summed E-state index contributed by atoms with van der Waals surface area (Å²) in [7, 11) is 0. The second-order valence-corrected chi connectivity index (χ2v) is 6.03. The molecule has 1 heteroatoms. The van der Waals surface area contributed by atoms with Crippen molar-refractivity contribution in [1.29, 1.82) is 0 Å². The highest BCUT2D eigenvalue weighted by molar-refractivity contribution is 5.26. The van der Waals surface area contributed by atoms with Crippen LogP contribution in [0.1, 0.15) is 32.6 Å². The Bertz CT molecular complexity index is 264. The second kappa shape index (κ2) is 1.39. The quantitative estimate of drug-likeness (QED) is 0.579. The molecule has 0 heterocycles. The molecule has 7 aliphatic rings. The number of hydrogen-bond donors (Lipinski definition) is 1. The van der Waals surface area contributed by atoms with Crippen molar-refractivity contribution in [2.45, 2.75) is 38.2 Å². The van der Waals surface area contributed by atoms with Crippen molar-refractivity contribution in [2.75, 3.05) is 0 Å². The van der Waals surface area contributed by atoms with Crippen molar-refractivity contribution >= 4 is 0 Å². The standard InChI is InChI=1S/C11H16O/c1-10(12)7-2-6-3-11(4-7)5-8(10)9(6)11/h6-9,12H,2-5H2,1H3. The number of rotatable bonds is 0. The third kappa shape index (κ3) is 0.396. The van der Waals surface area contributed by atoms with E-state index in [-0.39, 0.29) is 5.60 Å². The molecule has 1 nitrogen and oxygen atoms in total. The van der Waals surface area contributed by atoms with E-state index < -0.39 is 0 Å². The third-order valence-corrected chi connectivity index (χ3v) is 5.76. The van der Waals surface area contributed by atoms with E-state index in [9.17, 15) is 5.11 Å². The maximum Gasteiger partial charge on any atom is 0.0679 e. The fourth-order valence-corrected chi connectivity index (χ4v) is 5.29. The summed E-state index contributed by atoms with van der Waals surface area (Å²) in [5.41, 5.74) is 0.504. The van der Waals surface area contributed by atoms with Gasteiger partial charge in [0.15, 0.2) is 0 Å². The summed E-state index contributed by atoms with van der Waals surface area (Å²) in [5, 5.41) is 10.3. The Kier molecular flexibility index (Phi) is 0.744. The van der Waals surface area contributed by atoms with Crippen LogP contribution < -0.4 is 0 Å². The molecule has 0 saturated heterocycles. The summed E-state index contributed by atoms with van der Waals surface area (Å²) in [5.74, 6) is 3.35. The average Bonchev–Trinajstić information content (AvgIpc) is 1.97. The summed E-state index contributed by atoms with van der Waals surface area (Å²) in [4.78, 5) is 0. The molecule has 1 N–H and O–H groups in total. The van der Waals surface area contributed by atoms with Gasteiger partial charge >= 0.3 is 0 Å². The molecule has 5 bridgehead atoms. The van der Waals surface area contributed by atoms with Gasteiger partial charge in [0.25, 0.3) is 0 Å². The Hall–Kier alpha value is -0.0400. The van der Waals surface area contributed by atoms with E-state index in [1.165, 1.54) is 25.7 Å². The van der Waals surface area contributed by atoms with Gasteiger partial charge in [0.2, 0.25) is 0 Å². The summed E-state index contributed by atoms with van der Waals surface area (Å²) < 4.78 is 0. The van der Waals surface area contributed by atoms with Crippen molar-refractivity contribution < 1.29 is 5.11 Å². The van der Waals surface area contributed by atoms with E-state index in [0.717, 1.165) is 17.3 Å². The maximum absolute atomic E-state index is 10.3. The van der Waals surface area contributed by atoms with Gasteiger partial charge in [0, 0.05) is 0 Å². The number of hydrogen-bond acceptors (Lipinski definition) is 1. The summed E-state index contributed by atoms with van der Waals surface area (Å²) in [6.07, 6.45) is 5.58. The Balaban J connectivity index is 1.85. The van der Waals surface area contributed by atoms with Gasteiger partial charge in [-0.05, 0) is 61.7 Å². The lowest BCUT2D eigenvalue weighted by atomic mass is 9.25. The molecule has 7 rings (SSSR count). The predicted octanol–water partition coefficient (Wildman–Crippen LogP) is 1.80. The van der Waals surface area contributed by atoms with Gasteiger partial charge in [-0.2, -0.15) is 0 Å². The van der Waals surface area contributed by atoms with E-state index in [0.29, 0.717) is 11.8 Å². The Labute approximate surface area is 73.2 Å². The predicted molar refractivity (Wildman–Crippen MR) is 45.5 cm³/mol. The zero-order valence-electron chi connectivity index (χ0n) is 7.59. The van der Waals surface area contributed by atoms with Gasteiger partial charge in [-0.3, -0.25) is 0 Å². The Morgan fingerprint density at radius 1 is 1.25 bits per heavy atom. The van der Waals surface area contributed by atoms with E-state index in [1.54, 1.807) is 0 Å². The Morgan fingerprint density at radius 2 is 2.08 bits per heavy atom. The van der Waals surface area contributed by atoms with Gasteiger partial charge in [-0.15, -0.1) is 0 Å². The highest BCUT2D eigenvalue weighted by Gasteiger charge is 2.77. The van der Waals surface area contributed by atoms with Crippen LogP contribution in [0.5, 0.6) is 0 Å². The molecule has 0 aromatic carbocycles. The largest absolute Gasteiger partial charge is 0.390 e. The molecule has 0 aromatic rings. The van der Waals surface area contributed by atoms with Crippen LogP contribution in [0.25, 0.3) is 0 Å². The fourth-order valence-electron chi connectivity index (χ4n) is 5.29. The maximum atomic E-state index is 10.3. The lowest BCUT2D eigenvalue weighted by molar-refractivity contribution is -0.350. The van der Waals surface area contributed by atoms with Crippen molar-refractivity contribution in [1.82, 2.24) is 0 Å². The van der Waals surface area contributed by atoms with Crippen LogP contribution in [0.3, 0.4) is 0 Å². The van der Waals surface area contributed by atoms with Crippen molar-refractivity contribution in [3.8, 4) is 0 Å². The topological polar surface area (TPSA) is 20.2 Å². The molecular weight excluding hydrogens is 148 g/mol. The van der Waals surface area contributed by atoms with E-state index in [1.807, 2.05) is 0 Å². The second-order valence-electron chi connectivity index (χ2n) is 6.03. The van der Waals surface area contributed by atoms with Crippen LogP contribution in [-0.4, -0.2) is 10.7 Å².